The Morgan fingerprint density at radius 3 is 2.52 bits per heavy atom. The van der Waals surface area contributed by atoms with Crippen LogP contribution in [0.25, 0.3) is 0 Å². The summed E-state index contributed by atoms with van der Waals surface area (Å²) >= 11 is 0. The van der Waals surface area contributed by atoms with E-state index in [9.17, 15) is 9.90 Å². The topological polar surface area (TPSA) is 112 Å². The quantitative estimate of drug-likeness (QED) is 0.540. The van der Waals surface area contributed by atoms with Gasteiger partial charge in [-0.25, -0.2) is 0 Å². The number of nitrogens with zero attached hydrogens (tertiary/aromatic N) is 2. The second-order valence-electron chi connectivity index (χ2n) is 8.62. The third-order valence-electron chi connectivity index (χ3n) is 6.27. The van der Waals surface area contributed by atoms with Crippen molar-refractivity contribution in [3.63, 3.8) is 0 Å². The number of aliphatic hydroxyl groups excluding tert-OH is 1. The number of benzene rings is 1. The molecule has 1 amide bonds. The maximum absolute atomic E-state index is 12.8. The van der Waals surface area contributed by atoms with Crippen LogP contribution in [0.1, 0.15) is 23.2 Å². The van der Waals surface area contributed by atoms with Gasteiger partial charge < -0.3 is 25.2 Å². The standard InChI is InChI=1S/C24H31N3O3.CH2O2/c1-27(12-9-20-8-4-5-11-25-20)16-22-23(28)21(10-13-30-22)26-24(29)19-14-17-6-2-3-7-18(17)15-19;2-1-3/h2-8,11,19,21-23,28H,9-10,12-16H2,1H3,(H,26,29);1H,(H,2,3)/t21-,22+,23-;/m0./s1. The number of nitrogens with one attached hydrogen (secondary N) is 1. The van der Waals surface area contributed by atoms with E-state index in [1.807, 2.05) is 37.4 Å². The monoisotopic (exact) mass is 455 g/mol. The largest absolute Gasteiger partial charge is 0.483 e. The van der Waals surface area contributed by atoms with Gasteiger partial charge in [-0.15, -0.1) is 0 Å². The highest BCUT2D eigenvalue weighted by Crippen LogP contribution is 2.27. The van der Waals surface area contributed by atoms with Crippen molar-refractivity contribution in [2.45, 2.75) is 43.9 Å². The van der Waals surface area contributed by atoms with Gasteiger partial charge in [-0.3, -0.25) is 14.6 Å². The molecular weight excluding hydrogens is 422 g/mol. The van der Waals surface area contributed by atoms with Crippen LogP contribution in [-0.2, 0) is 33.6 Å². The van der Waals surface area contributed by atoms with Gasteiger partial charge in [0.25, 0.3) is 6.47 Å². The lowest BCUT2D eigenvalue weighted by molar-refractivity contribution is -0.132. The Kier molecular flexibility index (Phi) is 9.35. The van der Waals surface area contributed by atoms with Gasteiger partial charge in [-0.2, -0.15) is 0 Å². The molecule has 0 bridgehead atoms. The van der Waals surface area contributed by atoms with E-state index in [1.54, 1.807) is 6.20 Å². The van der Waals surface area contributed by atoms with Crippen molar-refractivity contribution in [3.05, 3.63) is 65.5 Å². The average molecular weight is 456 g/mol. The number of rotatable bonds is 7. The molecule has 1 aliphatic heterocycles. The summed E-state index contributed by atoms with van der Waals surface area (Å²) in [5.74, 6) is -0.00338. The molecule has 178 valence electrons. The molecule has 0 saturated carbocycles. The maximum atomic E-state index is 12.8. The molecule has 0 spiro atoms. The van der Waals surface area contributed by atoms with Crippen LogP contribution < -0.4 is 5.32 Å². The summed E-state index contributed by atoms with van der Waals surface area (Å²) in [5.41, 5.74) is 3.58. The Morgan fingerprint density at radius 2 is 1.88 bits per heavy atom. The molecule has 8 heteroatoms. The molecule has 4 rings (SSSR count). The third kappa shape index (κ3) is 7.08. The molecule has 2 aliphatic rings. The van der Waals surface area contributed by atoms with Crippen molar-refractivity contribution in [1.29, 1.82) is 0 Å². The Hall–Kier alpha value is -2.81. The van der Waals surface area contributed by atoms with Crippen molar-refractivity contribution in [3.8, 4) is 0 Å². The Morgan fingerprint density at radius 1 is 1.21 bits per heavy atom. The summed E-state index contributed by atoms with van der Waals surface area (Å²) in [6, 6.07) is 13.9. The second-order valence-corrected chi connectivity index (χ2v) is 8.62. The van der Waals surface area contributed by atoms with E-state index in [0.29, 0.717) is 19.6 Å². The highest BCUT2D eigenvalue weighted by molar-refractivity contribution is 5.80. The van der Waals surface area contributed by atoms with Crippen LogP contribution in [0, 0.1) is 5.92 Å². The number of hydrogen-bond acceptors (Lipinski definition) is 6. The highest BCUT2D eigenvalue weighted by atomic mass is 16.5. The van der Waals surface area contributed by atoms with Crippen molar-refractivity contribution in [1.82, 2.24) is 15.2 Å². The van der Waals surface area contributed by atoms with Gasteiger partial charge in [-0.1, -0.05) is 30.3 Å². The number of fused-ring (bicyclic) bond motifs is 1. The zero-order chi connectivity index (χ0) is 23.6. The maximum Gasteiger partial charge on any atom is 0.290 e. The molecule has 3 N–H and O–H groups in total. The van der Waals surface area contributed by atoms with E-state index < -0.39 is 6.10 Å². The molecule has 33 heavy (non-hydrogen) atoms. The first-order chi connectivity index (χ1) is 16.0. The van der Waals surface area contributed by atoms with Crippen LogP contribution >= 0.6 is 0 Å². The predicted octanol–water partition coefficient (Wildman–Crippen LogP) is 1.31. The van der Waals surface area contributed by atoms with E-state index in [-0.39, 0.29) is 30.4 Å². The normalized spacial score (nSPS) is 22.2. The van der Waals surface area contributed by atoms with E-state index in [4.69, 9.17) is 14.6 Å². The van der Waals surface area contributed by atoms with Crippen LogP contribution in [0.4, 0.5) is 0 Å². The first-order valence-corrected chi connectivity index (χ1v) is 11.3. The first-order valence-electron chi connectivity index (χ1n) is 11.3. The number of aromatic nitrogens is 1. The SMILES string of the molecule is CN(CCc1ccccn1)C[C@H]1OCC[C@H](NC(=O)C2Cc3ccccc3C2)[C@@H]1O.O=CO. The number of carboxylic acid groups (broad SMARTS) is 1. The number of ether oxygens (including phenoxy) is 1. The van der Waals surface area contributed by atoms with E-state index in [1.165, 1.54) is 11.1 Å². The summed E-state index contributed by atoms with van der Waals surface area (Å²) in [4.78, 5) is 27.7. The zero-order valence-corrected chi connectivity index (χ0v) is 19.0. The molecule has 1 saturated heterocycles. The average Bonchev–Trinajstić information content (AvgIpc) is 3.26. The van der Waals surface area contributed by atoms with Crippen LogP contribution in [-0.4, -0.2) is 77.5 Å². The van der Waals surface area contributed by atoms with Crippen molar-refractivity contribution < 1.29 is 24.5 Å². The number of amides is 1. The molecule has 1 aliphatic carbocycles. The van der Waals surface area contributed by atoms with Gasteiger partial charge in [0, 0.05) is 43.9 Å². The van der Waals surface area contributed by atoms with Crippen LogP contribution in [0.15, 0.2) is 48.7 Å². The number of hydrogen-bond donors (Lipinski definition) is 3. The zero-order valence-electron chi connectivity index (χ0n) is 19.0. The Bertz CT molecular complexity index is 870. The molecule has 1 aromatic heterocycles. The van der Waals surface area contributed by atoms with E-state index in [0.717, 1.165) is 31.5 Å². The fourth-order valence-electron chi connectivity index (χ4n) is 4.49. The lowest BCUT2D eigenvalue weighted by atomic mass is 9.97. The van der Waals surface area contributed by atoms with Gasteiger partial charge in [0.2, 0.25) is 5.91 Å². The fourth-order valence-corrected chi connectivity index (χ4v) is 4.49. The Labute approximate surface area is 194 Å². The molecule has 3 atom stereocenters. The lowest BCUT2D eigenvalue weighted by Gasteiger charge is -2.37. The van der Waals surface area contributed by atoms with Crippen molar-refractivity contribution >= 4 is 12.4 Å². The van der Waals surface area contributed by atoms with E-state index >= 15 is 0 Å². The van der Waals surface area contributed by atoms with Gasteiger partial charge in [0.15, 0.2) is 0 Å². The van der Waals surface area contributed by atoms with Crippen LogP contribution in [0.5, 0.6) is 0 Å². The second kappa shape index (κ2) is 12.4. The minimum atomic E-state index is -0.705. The van der Waals surface area contributed by atoms with E-state index in [2.05, 4.69) is 27.3 Å². The Balaban J connectivity index is 0.000000968. The fraction of sp³-hybridized carbons (Fsp3) is 0.480. The first kappa shape index (κ1) is 24.8. The number of aliphatic hydroxyl groups is 1. The molecule has 1 fully saturated rings. The smallest absolute Gasteiger partial charge is 0.290 e. The van der Waals surface area contributed by atoms with Gasteiger partial charge >= 0.3 is 0 Å². The molecule has 0 radical (unpaired) electrons. The highest BCUT2D eigenvalue weighted by Gasteiger charge is 2.36. The van der Waals surface area contributed by atoms with Crippen LogP contribution in [0.2, 0.25) is 0 Å². The summed E-state index contributed by atoms with van der Waals surface area (Å²) in [6.45, 7) is 1.75. The number of likely N-dealkylation sites (N-methyl/N-ethyl adjacent to an activating group) is 1. The molecular formula is C25H33N3O5. The summed E-state index contributed by atoms with van der Waals surface area (Å²) in [5, 5.41) is 20.8. The molecule has 1 aromatic carbocycles. The molecule has 2 aromatic rings. The van der Waals surface area contributed by atoms with Crippen molar-refractivity contribution in [2.24, 2.45) is 5.92 Å². The van der Waals surface area contributed by atoms with Gasteiger partial charge in [0.05, 0.1) is 12.1 Å². The summed E-state index contributed by atoms with van der Waals surface area (Å²) in [7, 11) is 2.02. The molecule has 2 heterocycles. The summed E-state index contributed by atoms with van der Waals surface area (Å²) < 4.78 is 5.84. The molecule has 0 unspecified atom stereocenters. The number of carbonyl (C=O) groups is 2. The number of pyridine rings is 1. The van der Waals surface area contributed by atoms with Crippen molar-refractivity contribution in [2.75, 3.05) is 26.7 Å². The summed E-state index contributed by atoms with van der Waals surface area (Å²) in [6.07, 6.45) is 3.84. The predicted molar refractivity (Wildman–Crippen MR) is 124 cm³/mol. The number of carbonyl (C=O) groups excluding carboxylic acids is 1. The molecule has 8 nitrogen and oxygen atoms in total. The van der Waals surface area contributed by atoms with Crippen LogP contribution in [0.3, 0.4) is 0 Å². The van der Waals surface area contributed by atoms with Gasteiger partial charge in [-0.05, 0) is 49.6 Å². The van der Waals surface area contributed by atoms with Gasteiger partial charge in [0.1, 0.15) is 6.10 Å². The minimum absolute atomic E-state index is 0.0411. The lowest BCUT2D eigenvalue weighted by Crippen LogP contribution is -2.56. The minimum Gasteiger partial charge on any atom is -0.483 e. The third-order valence-corrected chi connectivity index (χ3v) is 6.27.